The number of rotatable bonds is 5. The number of hydrogen-bond donors (Lipinski definition) is 0. The Bertz CT molecular complexity index is 3480. The Hall–Kier alpha value is -7.56. The molecule has 4 aromatic heterocycles. The predicted octanol–water partition coefficient (Wildman–Crippen LogP) is 13.4. The van der Waals surface area contributed by atoms with Crippen molar-refractivity contribution in [1.29, 1.82) is 0 Å². The Balaban J connectivity index is 1.09. The molecule has 0 aliphatic rings. The summed E-state index contributed by atoms with van der Waals surface area (Å²) >= 11 is 0. The number of hydrogen-bond acceptors (Lipinski definition) is 4. The van der Waals surface area contributed by atoms with Crippen molar-refractivity contribution in [3.05, 3.63) is 194 Å². The van der Waals surface area contributed by atoms with Crippen molar-refractivity contribution in [1.82, 2.24) is 19.9 Å². The number of benzene rings is 7. The van der Waals surface area contributed by atoms with Crippen molar-refractivity contribution in [2.75, 3.05) is 0 Å². The third-order valence-corrected chi connectivity index (χ3v) is 10.8. The van der Waals surface area contributed by atoms with Crippen LogP contribution in [0.5, 0.6) is 0 Å². The van der Waals surface area contributed by atoms with Crippen LogP contribution in [0.2, 0.25) is 0 Å². The van der Waals surface area contributed by atoms with Gasteiger partial charge in [-0.1, -0.05) is 146 Å². The van der Waals surface area contributed by atoms with Crippen LogP contribution in [-0.2, 0) is 0 Å². The first kappa shape index (κ1) is 28.0. The Labute approximate surface area is 329 Å². The number of aromatic nitrogens is 4. The Morgan fingerprint density at radius 3 is 1.55 bits per heavy atom. The quantitative estimate of drug-likeness (QED) is 0.131. The zero-order valence-electron chi connectivity index (χ0n) is 34.0. The van der Waals surface area contributed by atoms with Crippen LogP contribution in [0.15, 0.2) is 194 Å². The standard InChI is InChI=1S/C52H32N4/c1-2-12-38-37(11-1)39(46-29-25-35-23-24-36-26-30-48(47-18-8-10-32-54-47)56-52(36)51(35)55-46)27-28-44(38)50-42-15-5-3-13-40(42)49(41-14-4-6-16-43(41)50)34-21-19-33(20-22-34)45-17-7-9-31-53-45/h1-32H/i8D,10D,18D,32D. The largest absolute Gasteiger partial charge is 0.256 e. The van der Waals surface area contributed by atoms with Gasteiger partial charge in [0, 0.05) is 34.3 Å². The smallest absolute Gasteiger partial charge is 0.0973 e. The highest BCUT2D eigenvalue weighted by Crippen LogP contribution is 2.46. The SMILES string of the molecule is [2H]c1nc(-c2ccc3ccc4ccc(-c5ccc(-c6c7ccccc7c(-c7ccc(-c8ccccn8)cc7)c7ccccc67)c6ccccc56)nc4c3n2)c([2H])c([2H])c1[2H]. The highest BCUT2D eigenvalue weighted by atomic mass is 14.8. The Kier molecular flexibility index (Phi) is 6.53. The van der Waals surface area contributed by atoms with Gasteiger partial charge in [0.2, 0.25) is 0 Å². The third-order valence-electron chi connectivity index (χ3n) is 10.8. The normalized spacial score (nSPS) is 12.6. The van der Waals surface area contributed by atoms with Crippen LogP contribution in [0.25, 0.3) is 110 Å². The molecule has 7 aromatic carbocycles. The minimum absolute atomic E-state index is 0.101. The summed E-state index contributed by atoms with van der Waals surface area (Å²) in [6.45, 7) is 0. The summed E-state index contributed by atoms with van der Waals surface area (Å²) in [6.07, 6.45) is 1.47. The second kappa shape index (κ2) is 13.1. The van der Waals surface area contributed by atoms with Gasteiger partial charge >= 0.3 is 0 Å². The summed E-state index contributed by atoms with van der Waals surface area (Å²) in [4.78, 5) is 18.9. The lowest BCUT2D eigenvalue weighted by Gasteiger charge is -2.19. The van der Waals surface area contributed by atoms with Gasteiger partial charge in [-0.05, 0) is 90.9 Å². The van der Waals surface area contributed by atoms with E-state index in [0.29, 0.717) is 16.7 Å². The molecule has 0 amide bonds. The Morgan fingerprint density at radius 2 is 0.893 bits per heavy atom. The lowest BCUT2D eigenvalue weighted by molar-refractivity contribution is 1.27. The summed E-state index contributed by atoms with van der Waals surface area (Å²) in [6, 6.07) is 55.9. The van der Waals surface area contributed by atoms with Crippen LogP contribution < -0.4 is 0 Å². The highest BCUT2D eigenvalue weighted by Gasteiger charge is 2.20. The minimum Gasteiger partial charge on any atom is -0.256 e. The van der Waals surface area contributed by atoms with Crippen molar-refractivity contribution in [3.8, 4) is 56.2 Å². The van der Waals surface area contributed by atoms with E-state index < -0.39 is 0 Å². The molecule has 0 saturated heterocycles. The lowest BCUT2D eigenvalue weighted by Crippen LogP contribution is -1.94. The van der Waals surface area contributed by atoms with Gasteiger partial charge in [-0.2, -0.15) is 0 Å². The molecular weight excluding hydrogens is 681 g/mol. The molecule has 0 N–H and O–H groups in total. The highest BCUT2D eigenvalue weighted by molar-refractivity contribution is 6.24. The maximum atomic E-state index is 8.51. The zero-order valence-corrected chi connectivity index (χ0v) is 30.0. The zero-order chi connectivity index (χ0) is 40.5. The molecule has 4 nitrogen and oxygen atoms in total. The topological polar surface area (TPSA) is 51.6 Å². The molecule has 4 heterocycles. The van der Waals surface area contributed by atoms with Crippen molar-refractivity contribution < 1.29 is 5.48 Å². The molecule has 11 rings (SSSR count). The molecule has 0 saturated carbocycles. The van der Waals surface area contributed by atoms with Crippen LogP contribution in [0, 0.1) is 0 Å². The maximum Gasteiger partial charge on any atom is 0.0973 e. The second-order valence-electron chi connectivity index (χ2n) is 13.9. The first-order valence-corrected chi connectivity index (χ1v) is 18.6. The third kappa shape index (κ3) is 5.23. The van der Waals surface area contributed by atoms with Gasteiger partial charge in [0.25, 0.3) is 0 Å². The lowest BCUT2D eigenvalue weighted by atomic mass is 9.84. The minimum atomic E-state index is -0.374. The molecule has 0 spiro atoms. The fourth-order valence-corrected chi connectivity index (χ4v) is 8.21. The van der Waals surface area contributed by atoms with Gasteiger partial charge in [-0.25, -0.2) is 9.97 Å². The van der Waals surface area contributed by atoms with E-state index in [-0.39, 0.29) is 30.0 Å². The van der Waals surface area contributed by atoms with E-state index in [4.69, 9.17) is 15.5 Å². The molecule has 4 heteroatoms. The first-order valence-electron chi connectivity index (χ1n) is 20.6. The fourth-order valence-electron chi connectivity index (χ4n) is 8.21. The summed E-state index contributed by atoms with van der Waals surface area (Å²) in [5, 5.41) is 8.67. The van der Waals surface area contributed by atoms with Crippen molar-refractivity contribution >= 4 is 54.1 Å². The molecule has 0 atom stereocenters. The number of nitrogens with zero attached hydrogens (tertiary/aromatic N) is 4. The van der Waals surface area contributed by atoms with Crippen LogP contribution in [-0.4, -0.2) is 19.9 Å². The van der Waals surface area contributed by atoms with Gasteiger partial charge in [-0.3, -0.25) is 9.97 Å². The van der Waals surface area contributed by atoms with E-state index in [1.807, 2.05) is 48.7 Å². The van der Waals surface area contributed by atoms with Gasteiger partial charge in [-0.15, -0.1) is 0 Å². The van der Waals surface area contributed by atoms with E-state index in [0.717, 1.165) is 55.2 Å². The number of fused-ring (bicyclic) bond motifs is 6. The van der Waals surface area contributed by atoms with Gasteiger partial charge in [0.15, 0.2) is 0 Å². The fraction of sp³-hybridized carbons (Fsp3) is 0. The van der Waals surface area contributed by atoms with Gasteiger partial charge in [0.05, 0.1) is 39.3 Å². The van der Waals surface area contributed by atoms with Crippen molar-refractivity contribution in [2.24, 2.45) is 0 Å². The molecule has 260 valence electrons. The second-order valence-corrected chi connectivity index (χ2v) is 13.9. The van der Waals surface area contributed by atoms with Crippen molar-refractivity contribution in [3.63, 3.8) is 0 Å². The van der Waals surface area contributed by atoms with E-state index >= 15 is 0 Å². The summed E-state index contributed by atoms with van der Waals surface area (Å²) < 4.78 is 32.8. The van der Waals surface area contributed by atoms with Crippen LogP contribution in [0.1, 0.15) is 5.48 Å². The molecule has 56 heavy (non-hydrogen) atoms. The van der Waals surface area contributed by atoms with E-state index in [2.05, 4.69) is 125 Å². The molecule has 11 aromatic rings. The summed E-state index contributed by atoms with van der Waals surface area (Å²) in [5.41, 5.74) is 10.3. The van der Waals surface area contributed by atoms with E-state index in [9.17, 15) is 0 Å². The van der Waals surface area contributed by atoms with E-state index in [1.165, 1.54) is 32.7 Å². The van der Waals surface area contributed by atoms with Gasteiger partial charge < -0.3 is 0 Å². The van der Waals surface area contributed by atoms with Crippen LogP contribution in [0.3, 0.4) is 0 Å². The molecule has 0 radical (unpaired) electrons. The average molecular weight is 717 g/mol. The molecule has 0 aliphatic heterocycles. The first-order chi connectivity index (χ1) is 29.4. The van der Waals surface area contributed by atoms with Gasteiger partial charge in [0.1, 0.15) is 0 Å². The summed E-state index contributed by atoms with van der Waals surface area (Å²) in [7, 11) is 0. The van der Waals surface area contributed by atoms with Crippen molar-refractivity contribution in [2.45, 2.75) is 0 Å². The molecular formula is C52H32N4. The summed E-state index contributed by atoms with van der Waals surface area (Å²) in [5.74, 6) is 0. The molecule has 0 fully saturated rings. The van der Waals surface area contributed by atoms with Crippen LogP contribution >= 0.6 is 0 Å². The molecule has 0 unspecified atom stereocenters. The Morgan fingerprint density at radius 1 is 0.357 bits per heavy atom. The maximum absolute atomic E-state index is 8.51. The van der Waals surface area contributed by atoms with E-state index in [1.54, 1.807) is 6.07 Å². The number of pyridine rings is 4. The monoisotopic (exact) mass is 716 g/mol. The molecule has 0 bridgehead atoms. The molecule has 0 aliphatic carbocycles. The predicted molar refractivity (Wildman–Crippen MR) is 232 cm³/mol. The average Bonchev–Trinajstić information content (AvgIpc) is 3.31. The van der Waals surface area contributed by atoms with Crippen LogP contribution in [0.4, 0.5) is 0 Å².